The molecule has 3 fully saturated rings. The fraction of sp³-hybridized carbons (Fsp3) is 0.600. The number of halogens is 1. The first-order valence-corrected chi connectivity index (χ1v) is 14.4. The molecule has 0 aromatic carbocycles. The number of imidazole rings is 1. The number of ether oxygens (including phenoxy) is 1. The Hall–Kier alpha value is -1.61. The summed E-state index contributed by atoms with van der Waals surface area (Å²) in [6.07, 6.45) is 7.70. The molecule has 2 unspecified atom stereocenters. The van der Waals surface area contributed by atoms with E-state index in [-0.39, 0.29) is 10.1 Å². The van der Waals surface area contributed by atoms with E-state index < -0.39 is 5.41 Å². The minimum absolute atomic E-state index is 0.148. The number of likely N-dealkylation sites (tertiary alicyclic amines) is 1. The van der Waals surface area contributed by atoms with Gasteiger partial charge in [-0.2, -0.15) is 5.26 Å². The second-order valence-corrected chi connectivity index (χ2v) is 12.5. The van der Waals surface area contributed by atoms with Crippen LogP contribution in [0.25, 0.3) is 5.52 Å². The van der Waals surface area contributed by atoms with E-state index in [1.165, 1.54) is 5.56 Å². The lowest BCUT2D eigenvalue weighted by Crippen LogP contribution is -2.29. The van der Waals surface area contributed by atoms with Crippen molar-refractivity contribution in [3.05, 3.63) is 28.8 Å². The minimum Gasteiger partial charge on any atom is -0.385 e. The number of nitrogens with zero attached hydrogens (tertiary/aromatic N) is 4. The van der Waals surface area contributed by atoms with Crippen LogP contribution in [0.1, 0.15) is 55.8 Å². The molecule has 8 nitrogen and oxygen atoms in total. The molecule has 2 saturated carbocycles. The fourth-order valence-corrected chi connectivity index (χ4v) is 6.99. The highest BCUT2D eigenvalue weighted by molar-refractivity contribution is 8.26. The van der Waals surface area contributed by atoms with Gasteiger partial charge < -0.3 is 9.64 Å². The number of nitrogens with one attached hydrogen (secondary N) is 3. The van der Waals surface area contributed by atoms with Gasteiger partial charge in [0.05, 0.1) is 16.6 Å². The van der Waals surface area contributed by atoms with Crippen LogP contribution in [0, 0.1) is 33.5 Å². The van der Waals surface area contributed by atoms with Crippen LogP contribution in [-0.2, 0) is 4.74 Å². The van der Waals surface area contributed by atoms with Crippen LogP contribution in [0.2, 0.25) is 5.15 Å². The Kier molecular flexibility index (Phi) is 7.69. The lowest BCUT2D eigenvalue weighted by atomic mass is 9.89. The number of thioether (sulfide) groups is 1. The fourth-order valence-electron chi connectivity index (χ4n) is 4.91. The molecule has 2 aromatic heterocycles. The monoisotopic (exact) mass is 545 g/mol. The number of methoxy groups -OCH3 is 1. The second-order valence-electron chi connectivity index (χ2n) is 10.2. The SMILES string of the molecule is COCCC1CC1NSc1cc(C2CCN(C)CC2)c2c(Cl)nc(C(=N)SC(=N)C3(C#N)CC3)n2c1. The summed E-state index contributed by atoms with van der Waals surface area (Å²) in [7, 11) is 3.90. The van der Waals surface area contributed by atoms with Gasteiger partial charge in [-0.05, 0) is 94.1 Å². The highest BCUT2D eigenvalue weighted by Gasteiger charge is 2.48. The van der Waals surface area contributed by atoms with Crippen molar-refractivity contribution in [1.29, 1.82) is 16.1 Å². The van der Waals surface area contributed by atoms with Gasteiger partial charge in [0.2, 0.25) is 0 Å². The van der Waals surface area contributed by atoms with Gasteiger partial charge in [0, 0.05) is 30.9 Å². The van der Waals surface area contributed by atoms with Crippen molar-refractivity contribution < 1.29 is 4.74 Å². The van der Waals surface area contributed by atoms with Crippen molar-refractivity contribution in [2.45, 2.75) is 55.4 Å². The number of aromatic nitrogens is 2. The first-order valence-electron chi connectivity index (χ1n) is 12.4. The molecule has 3 heterocycles. The van der Waals surface area contributed by atoms with Gasteiger partial charge in [0.15, 0.2) is 11.0 Å². The van der Waals surface area contributed by atoms with Crippen molar-refractivity contribution >= 4 is 50.9 Å². The van der Waals surface area contributed by atoms with Crippen LogP contribution >= 0.6 is 35.3 Å². The molecular formula is C25H32ClN7OS2. The molecule has 3 N–H and O–H groups in total. The number of rotatable bonds is 9. The highest BCUT2D eigenvalue weighted by Crippen LogP contribution is 2.49. The Morgan fingerprint density at radius 3 is 2.78 bits per heavy atom. The summed E-state index contributed by atoms with van der Waals surface area (Å²) in [6, 6.07) is 4.96. The molecule has 3 aliphatic rings. The third-order valence-electron chi connectivity index (χ3n) is 7.60. The zero-order valence-electron chi connectivity index (χ0n) is 20.6. The lowest BCUT2D eigenvalue weighted by molar-refractivity contribution is 0.189. The van der Waals surface area contributed by atoms with E-state index in [1.54, 1.807) is 19.1 Å². The van der Waals surface area contributed by atoms with Crippen molar-refractivity contribution in [1.82, 2.24) is 19.0 Å². The van der Waals surface area contributed by atoms with E-state index in [2.05, 4.69) is 33.8 Å². The largest absolute Gasteiger partial charge is 0.385 e. The van der Waals surface area contributed by atoms with Gasteiger partial charge >= 0.3 is 0 Å². The van der Waals surface area contributed by atoms with Crippen molar-refractivity contribution in [3.63, 3.8) is 0 Å². The highest BCUT2D eigenvalue weighted by atomic mass is 35.5. The molecule has 5 rings (SSSR count). The van der Waals surface area contributed by atoms with Gasteiger partial charge in [-0.3, -0.25) is 19.9 Å². The Morgan fingerprint density at radius 2 is 2.11 bits per heavy atom. The normalized spacial score (nSPS) is 23.5. The average Bonchev–Trinajstić information content (AvgIpc) is 3.79. The van der Waals surface area contributed by atoms with Gasteiger partial charge in [0.1, 0.15) is 10.5 Å². The number of hydrogen-bond donors (Lipinski definition) is 3. The average molecular weight is 546 g/mol. The molecule has 2 aliphatic carbocycles. The summed E-state index contributed by atoms with van der Waals surface area (Å²) in [5, 5.41) is 27.4. The Morgan fingerprint density at radius 1 is 1.36 bits per heavy atom. The summed E-state index contributed by atoms with van der Waals surface area (Å²) in [4.78, 5) is 8.00. The first-order chi connectivity index (χ1) is 17.3. The van der Waals surface area contributed by atoms with Crippen LogP contribution in [0.3, 0.4) is 0 Å². The van der Waals surface area contributed by atoms with E-state index in [9.17, 15) is 5.26 Å². The maximum Gasteiger partial charge on any atom is 0.171 e. The zero-order chi connectivity index (χ0) is 25.4. The summed E-state index contributed by atoms with van der Waals surface area (Å²) < 4.78 is 10.8. The van der Waals surface area contributed by atoms with Crippen molar-refractivity contribution in [2.24, 2.45) is 11.3 Å². The molecule has 0 bridgehead atoms. The number of nitriles is 1. The van der Waals surface area contributed by atoms with Gasteiger partial charge in [-0.25, -0.2) is 4.98 Å². The maximum absolute atomic E-state index is 9.46. The van der Waals surface area contributed by atoms with E-state index in [0.717, 1.165) is 67.6 Å². The standard InChI is InChI=1S/C25H32ClN7OS2/c1-32-8-3-15(4-9-32)18-12-17(36-31-19-11-16(19)5-10-34-2)13-33-20(18)21(26)30-23(33)22(28)35-24(29)25(14-27)6-7-25/h12-13,15-16,19,28-29,31H,3-11H2,1-2H3. The third-order valence-corrected chi connectivity index (χ3v) is 9.73. The van der Waals surface area contributed by atoms with Crippen LogP contribution in [0.5, 0.6) is 0 Å². The molecule has 2 aromatic rings. The van der Waals surface area contributed by atoms with Gasteiger partial charge in [-0.15, -0.1) is 0 Å². The van der Waals surface area contributed by atoms with Crippen LogP contribution < -0.4 is 4.72 Å². The molecule has 0 amide bonds. The number of piperidine rings is 1. The first kappa shape index (κ1) is 26.0. The van der Waals surface area contributed by atoms with Crippen molar-refractivity contribution in [3.8, 4) is 6.07 Å². The molecule has 0 radical (unpaired) electrons. The maximum atomic E-state index is 9.46. The quantitative estimate of drug-likeness (QED) is 0.226. The Bertz CT molecular complexity index is 1210. The predicted octanol–water partition coefficient (Wildman–Crippen LogP) is 5.16. The van der Waals surface area contributed by atoms with Gasteiger partial charge in [0.25, 0.3) is 0 Å². The zero-order valence-corrected chi connectivity index (χ0v) is 23.0. The molecule has 36 heavy (non-hydrogen) atoms. The number of pyridine rings is 1. The van der Waals surface area contributed by atoms with Gasteiger partial charge in [-0.1, -0.05) is 23.4 Å². The number of fused-ring (bicyclic) bond motifs is 1. The summed E-state index contributed by atoms with van der Waals surface area (Å²) in [5.74, 6) is 1.45. The Labute approximate surface area is 225 Å². The lowest BCUT2D eigenvalue weighted by Gasteiger charge is -2.30. The predicted molar refractivity (Wildman–Crippen MR) is 146 cm³/mol. The van der Waals surface area contributed by atoms with Crippen LogP contribution in [0.15, 0.2) is 17.2 Å². The molecule has 1 saturated heterocycles. The summed E-state index contributed by atoms with van der Waals surface area (Å²) in [5.41, 5.74) is 1.31. The van der Waals surface area contributed by atoms with Crippen LogP contribution in [-0.4, -0.2) is 64.3 Å². The molecule has 0 spiro atoms. The molecule has 2 atom stereocenters. The second kappa shape index (κ2) is 10.6. The topological polar surface area (TPSA) is 113 Å². The number of hydrogen-bond acceptors (Lipinski definition) is 9. The van der Waals surface area contributed by atoms with E-state index >= 15 is 0 Å². The molecule has 11 heteroatoms. The molecule has 1 aliphatic heterocycles. The van der Waals surface area contributed by atoms with E-state index in [4.69, 9.17) is 27.2 Å². The van der Waals surface area contributed by atoms with Crippen LogP contribution in [0.4, 0.5) is 0 Å². The van der Waals surface area contributed by atoms with E-state index in [1.807, 2.05) is 10.6 Å². The third kappa shape index (κ3) is 5.33. The molecule has 192 valence electrons. The summed E-state index contributed by atoms with van der Waals surface area (Å²) >= 11 is 9.36. The van der Waals surface area contributed by atoms with E-state index in [0.29, 0.717) is 41.7 Å². The Balaban J connectivity index is 1.43. The van der Waals surface area contributed by atoms with Crippen molar-refractivity contribution in [2.75, 3.05) is 33.9 Å². The smallest absolute Gasteiger partial charge is 0.171 e. The molecular weight excluding hydrogens is 514 g/mol. The minimum atomic E-state index is -0.721. The summed E-state index contributed by atoms with van der Waals surface area (Å²) in [6.45, 7) is 2.86.